The maximum Gasteiger partial charge on any atom is 0.246 e. The lowest BCUT2D eigenvalue weighted by Gasteiger charge is -2.20. The molecule has 4 nitrogen and oxygen atoms in total. The molecular weight excluding hydrogens is 346 g/mol. The van der Waals surface area contributed by atoms with Gasteiger partial charge >= 0.3 is 0 Å². The lowest BCUT2D eigenvalue weighted by Crippen LogP contribution is -2.08. The largest absolute Gasteiger partial charge is 0.376 e. The smallest absolute Gasteiger partial charge is 0.246 e. The van der Waals surface area contributed by atoms with Gasteiger partial charge in [-0.15, -0.1) is 0 Å². The predicted octanol–water partition coefficient (Wildman–Crippen LogP) is 6.25. The fraction of sp³-hybridized carbons (Fsp3) is 0.333. The highest BCUT2D eigenvalue weighted by molar-refractivity contribution is 6.33. The van der Waals surface area contributed by atoms with Crippen LogP contribution in [0.5, 0.6) is 0 Å². The van der Waals surface area contributed by atoms with E-state index in [1.807, 2.05) is 24.3 Å². The minimum absolute atomic E-state index is 0.428. The van der Waals surface area contributed by atoms with Crippen molar-refractivity contribution >= 4 is 17.3 Å². The van der Waals surface area contributed by atoms with E-state index in [0.717, 1.165) is 11.3 Å². The van der Waals surface area contributed by atoms with E-state index in [9.17, 15) is 0 Å². The highest BCUT2D eigenvalue weighted by atomic mass is 35.5. The Balaban J connectivity index is 1.83. The van der Waals surface area contributed by atoms with E-state index in [2.05, 4.69) is 61.4 Å². The summed E-state index contributed by atoms with van der Waals surface area (Å²) in [5.41, 5.74) is 4.52. The minimum Gasteiger partial charge on any atom is -0.376 e. The predicted molar refractivity (Wildman–Crippen MR) is 107 cm³/mol. The molecule has 2 aromatic carbocycles. The van der Waals surface area contributed by atoms with Crippen molar-refractivity contribution in [1.29, 1.82) is 0 Å². The SMILES string of the molecule is CC(C)c1cccc(C(C)C)c1NCc1nc(-c2ccccc2Cl)no1. The van der Waals surface area contributed by atoms with Crippen molar-refractivity contribution in [3.8, 4) is 11.4 Å². The molecule has 0 aliphatic rings. The second-order valence-electron chi connectivity index (χ2n) is 6.97. The number of para-hydroxylation sites is 1. The first kappa shape index (κ1) is 18.5. The fourth-order valence-electron chi connectivity index (χ4n) is 3.00. The first-order valence-corrected chi connectivity index (χ1v) is 9.29. The molecule has 0 aliphatic carbocycles. The number of anilines is 1. The Hall–Kier alpha value is -2.33. The molecule has 0 saturated heterocycles. The van der Waals surface area contributed by atoms with Crippen molar-refractivity contribution in [2.24, 2.45) is 0 Å². The normalized spacial score (nSPS) is 11.3. The highest BCUT2D eigenvalue weighted by Crippen LogP contribution is 2.33. The molecule has 0 spiro atoms. The van der Waals surface area contributed by atoms with Crippen LogP contribution in [0.1, 0.15) is 56.5 Å². The summed E-state index contributed by atoms with van der Waals surface area (Å²) in [5, 5.41) is 8.19. The van der Waals surface area contributed by atoms with Gasteiger partial charge in [0, 0.05) is 11.3 Å². The molecule has 0 bridgehead atoms. The van der Waals surface area contributed by atoms with Crippen molar-refractivity contribution in [2.45, 2.75) is 46.1 Å². The number of nitrogens with zero attached hydrogens (tertiary/aromatic N) is 2. The van der Waals surface area contributed by atoms with Crippen LogP contribution in [0.2, 0.25) is 5.02 Å². The number of aromatic nitrogens is 2. The molecule has 1 heterocycles. The molecule has 0 fully saturated rings. The summed E-state index contributed by atoms with van der Waals surface area (Å²) in [6, 6.07) is 13.9. The number of halogens is 1. The fourth-order valence-corrected chi connectivity index (χ4v) is 3.22. The lowest BCUT2D eigenvalue weighted by atomic mass is 9.92. The molecule has 136 valence electrons. The number of benzene rings is 2. The summed E-state index contributed by atoms with van der Waals surface area (Å²) in [5.74, 6) is 1.90. The number of hydrogen-bond donors (Lipinski definition) is 1. The zero-order valence-corrected chi connectivity index (χ0v) is 16.3. The van der Waals surface area contributed by atoms with Crippen LogP contribution < -0.4 is 5.32 Å². The zero-order valence-electron chi connectivity index (χ0n) is 15.6. The first-order chi connectivity index (χ1) is 12.5. The highest BCUT2D eigenvalue weighted by Gasteiger charge is 2.15. The second kappa shape index (κ2) is 7.92. The molecule has 1 aromatic heterocycles. The van der Waals surface area contributed by atoms with Crippen molar-refractivity contribution in [3.63, 3.8) is 0 Å². The molecule has 0 amide bonds. The van der Waals surface area contributed by atoms with Crippen LogP contribution in [0.25, 0.3) is 11.4 Å². The molecule has 5 heteroatoms. The van der Waals surface area contributed by atoms with Crippen LogP contribution in [0, 0.1) is 0 Å². The Morgan fingerprint density at radius 2 is 1.62 bits per heavy atom. The van der Waals surface area contributed by atoms with E-state index in [4.69, 9.17) is 16.1 Å². The van der Waals surface area contributed by atoms with Crippen molar-refractivity contribution < 1.29 is 4.52 Å². The van der Waals surface area contributed by atoms with Crippen LogP contribution in [0.4, 0.5) is 5.69 Å². The average Bonchev–Trinajstić information content (AvgIpc) is 3.08. The molecule has 0 saturated carbocycles. The monoisotopic (exact) mass is 369 g/mol. The van der Waals surface area contributed by atoms with Crippen LogP contribution in [-0.2, 0) is 6.54 Å². The third-order valence-corrected chi connectivity index (χ3v) is 4.70. The molecule has 26 heavy (non-hydrogen) atoms. The molecule has 0 aliphatic heterocycles. The molecular formula is C21H24ClN3O. The summed E-state index contributed by atoms with van der Waals surface area (Å²) >= 11 is 6.21. The minimum atomic E-state index is 0.428. The summed E-state index contributed by atoms with van der Waals surface area (Å²) < 4.78 is 5.41. The van der Waals surface area contributed by atoms with Crippen LogP contribution in [0.15, 0.2) is 47.0 Å². The molecule has 0 atom stereocenters. The van der Waals surface area contributed by atoms with Crippen molar-refractivity contribution in [1.82, 2.24) is 10.1 Å². The Labute approximate surface area is 159 Å². The third kappa shape index (κ3) is 3.91. The van der Waals surface area contributed by atoms with Gasteiger partial charge in [-0.3, -0.25) is 0 Å². The standard InChI is InChI=1S/C21H24ClN3O/c1-13(2)15-9-7-10-16(14(3)4)20(15)23-12-19-24-21(25-26-19)17-8-5-6-11-18(17)22/h5-11,13-14,23H,12H2,1-4H3. The molecule has 1 N–H and O–H groups in total. The van der Waals surface area contributed by atoms with E-state index in [1.54, 1.807) is 0 Å². The maximum atomic E-state index is 6.21. The van der Waals surface area contributed by atoms with Crippen LogP contribution in [-0.4, -0.2) is 10.1 Å². The van der Waals surface area contributed by atoms with Crippen molar-refractivity contribution in [3.05, 3.63) is 64.5 Å². The molecule has 3 rings (SSSR count). The summed E-state index contributed by atoms with van der Waals surface area (Å²) in [4.78, 5) is 4.48. The van der Waals surface area contributed by atoms with Gasteiger partial charge in [0.25, 0.3) is 0 Å². The van der Waals surface area contributed by atoms with E-state index in [0.29, 0.717) is 35.1 Å². The Morgan fingerprint density at radius 3 is 2.23 bits per heavy atom. The average molecular weight is 370 g/mol. The molecule has 0 radical (unpaired) electrons. The maximum absolute atomic E-state index is 6.21. The van der Waals surface area contributed by atoms with Gasteiger partial charge in [0.2, 0.25) is 11.7 Å². The van der Waals surface area contributed by atoms with Gasteiger partial charge in [-0.1, -0.05) is 74.8 Å². The topological polar surface area (TPSA) is 51.0 Å². The molecule has 3 aromatic rings. The van der Waals surface area contributed by atoms with Gasteiger partial charge in [-0.2, -0.15) is 4.98 Å². The van der Waals surface area contributed by atoms with Crippen molar-refractivity contribution in [2.75, 3.05) is 5.32 Å². The van der Waals surface area contributed by atoms with E-state index in [-0.39, 0.29) is 0 Å². The van der Waals surface area contributed by atoms with E-state index in [1.165, 1.54) is 11.1 Å². The third-order valence-electron chi connectivity index (χ3n) is 4.37. The van der Waals surface area contributed by atoms with Gasteiger partial charge in [0.15, 0.2) is 0 Å². The summed E-state index contributed by atoms with van der Waals surface area (Å²) in [6.07, 6.45) is 0. The Kier molecular flexibility index (Phi) is 5.62. The number of nitrogens with one attached hydrogen (secondary N) is 1. The van der Waals surface area contributed by atoms with Crippen LogP contribution >= 0.6 is 11.6 Å². The van der Waals surface area contributed by atoms with Gasteiger partial charge < -0.3 is 9.84 Å². The van der Waals surface area contributed by atoms with Crippen LogP contribution in [0.3, 0.4) is 0 Å². The summed E-state index contributed by atoms with van der Waals surface area (Å²) in [7, 11) is 0. The number of hydrogen-bond acceptors (Lipinski definition) is 4. The molecule has 0 unspecified atom stereocenters. The first-order valence-electron chi connectivity index (χ1n) is 8.91. The van der Waals surface area contributed by atoms with Gasteiger partial charge in [0.05, 0.1) is 11.6 Å². The quantitative estimate of drug-likeness (QED) is 0.558. The van der Waals surface area contributed by atoms with E-state index >= 15 is 0 Å². The van der Waals surface area contributed by atoms with Gasteiger partial charge in [-0.25, -0.2) is 0 Å². The second-order valence-corrected chi connectivity index (χ2v) is 7.37. The number of rotatable bonds is 6. The van der Waals surface area contributed by atoms with E-state index < -0.39 is 0 Å². The van der Waals surface area contributed by atoms with Gasteiger partial charge in [0.1, 0.15) is 0 Å². The summed E-state index contributed by atoms with van der Waals surface area (Å²) in [6.45, 7) is 9.28. The zero-order chi connectivity index (χ0) is 18.7. The van der Waals surface area contributed by atoms with Gasteiger partial charge in [-0.05, 0) is 35.1 Å². The lowest BCUT2D eigenvalue weighted by molar-refractivity contribution is 0.384. The Morgan fingerprint density at radius 1 is 0.962 bits per heavy atom. The Bertz CT molecular complexity index is 860.